The molecule has 0 radical (unpaired) electrons. The van der Waals surface area contributed by atoms with Crippen molar-refractivity contribution in [3.05, 3.63) is 0 Å². The summed E-state index contributed by atoms with van der Waals surface area (Å²) in [4.78, 5) is 15.5. The van der Waals surface area contributed by atoms with Crippen molar-refractivity contribution in [2.45, 2.75) is 34.1 Å². The summed E-state index contributed by atoms with van der Waals surface area (Å²) in [5.41, 5.74) is 0.146. The van der Waals surface area contributed by atoms with Crippen LogP contribution >= 0.6 is 11.8 Å². The van der Waals surface area contributed by atoms with Gasteiger partial charge in [-0.05, 0) is 11.2 Å². The molecule has 0 rings (SSSR count). The van der Waals surface area contributed by atoms with Gasteiger partial charge in [0.1, 0.15) is 5.04 Å². The number of hydrogen-bond acceptors (Lipinski definition) is 4. The molecule has 0 aromatic rings. The zero-order chi connectivity index (χ0) is 11.9. The Morgan fingerprint density at radius 3 is 2.47 bits per heavy atom. The smallest absolute Gasteiger partial charge is 0.323 e. The topological polar surface area (TPSA) is 50.7 Å². The fourth-order valence-corrected chi connectivity index (χ4v) is 1.83. The first-order valence-corrected chi connectivity index (χ1v) is 5.96. The third-order valence-electron chi connectivity index (χ3n) is 1.43. The molecule has 15 heavy (non-hydrogen) atoms. The second-order valence-corrected chi connectivity index (χ2v) is 5.62. The van der Waals surface area contributed by atoms with E-state index in [1.54, 1.807) is 11.8 Å². The van der Waals surface area contributed by atoms with Crippen LogP contribution < -0.4 is 5.32 Å². The molecule has 0 fully saturated rings. The first kappa shape index (κ1) is 14.3. The Morgan fingerprint density at radius 2 is 2.07 bits per heavy atom. The number of carbonyl (C=O) groups excluding carboxylic acids is 1. The summed E-state index contributed by atoms with van der Waals surface area (Å²) >= 11 is 1.60. The standard InChI is InChI=1S/C10H20N2O2S/c1-6-15-8(7-10(2,3)4)12-14-9(13)11-5/h6-7H2,1-5H3,(H,11,13). The molecule has 0 spiro atoms. The molecule has 1 N–H and O–H groups in total. The van der Waals surface area contributed by atoms with Crippen LogP contribution in [0.3, 0.4) is 0 Å². The molecule has 0 aliphatic carbocycles. The maximum Gasteiger partial charge on any atom is 0.433 e. The minimum absolute atomic E-state index is 0.146. The Bertz CT molecular complexity index is 234. The highest BCUT2D eigenvalue weighted by Crippen LogP contribution is 2.23. The van der Waals surface area contributed by atoms with Gasteiger partial charge in [0, 0.05) is 13.5 Å². The van der Waals surface area contributed by atoms with Gasteiger partial charge >= 0.3 is 6.09 Å². The molecule has 1 amide bonds. The van der Waals surface area contributed by atoms with Crippen LogP contribution in [0.15, 0.2) is 5.16 Å². The molecule has 0 aliphatic rings. The molecule has 0 atom stereocenters. The number of amides is 1. The summed E-state index contributed by atoms with van der Waals surface area (Å²) in [6.45, 7) is 8.42. The van der Waals surface area contributed by atoms with Gasteiger partial charge in [-0.25, -0.2) is 4.79 Å². The van der Waals surface area contributed by atoms with Crippen LogP contribution in [-0.2, 0) is 4.84 Å². The van der Waals surface area contributed by atoms with Gasteiger partial charge in [0.2, 0.25) is 0 Å². The Morgan fingerprint density at radius 1 is 1.47 bits per heavy atom. The number of hydrogen-bond donors (Lipinski definition) is 1. The second kappa shape index (κ2) is 6.71. The summed E-state index contributed by atoms with van der Waals surface area (Å²) in [6, 6.07) is 0. The van der Waals surface area contributed by atoms with Crippen molar-refractivity contribution < 1.29 is 9.63 Å². The predicted molar refractivity (Wildman–Crippen MR) is 65.2 cm³/mol. The normalized spacial score (nSPS) is 12.5. The molecule has 88 valence electrons. The van der Waals surface area contributed by atoms with E-state index in [4.69, 9.17) is 0 Å². The third-order valence-corrected chi connectivity index (χ3v) is 2.27. The van der Waals surface area contributed by atoms with Gasteiger partial charge in [-0.15, -0.1) is 11.8 Å². The molecule has 0 unspecified atom stereocenters. The monoisotopic (exact) mass is 232 g/mol. The van der Waals surface area contributed by atoms with Crippen molar-refractivity contribution in [2.24, 2.45) is 10.6 Å². The van der Waals surface area contributed by atoms with E-state index in [9.17, 15) is 4.79 Å². The predicted octanol–water partition coefficient (Wildman–Crippen LogP) is 2.85. The molecule has 0 saturated carbocycles. The Balaban J connectivity index is 4.31. The van der Waals surface area contributed by atoms with Crippen LogP contribution in [0.5, 0.6) is 0 Å². The molecule has 0 aromatic heterocycles. The van der Waals surface area contributed by atoms with E-state index in [1.165, 1.54) is 7.05 Å². The van der Waals surface area contributed by atoms with Gasteiger partial charge in [-0.1, -0.05) is 32.9 Å². The zero-order valence-electron chi connectivity index (χ0n) is 10.1. The maximum atomic E-state index is 10.8. The number of nitrogens with zero attached hydrogens (tertiary/aromatic N) is 1. The maximum absolute atomic E-state index is 10.8. The van der Waals surface area contributed by atoms with Gasteiger partial charge in [0.05, 0.1) is 0 Å². The van der Waals surface area contributed by atoms with Crippen LogP contribution in [0.4, 0.5) is 4.79 Å². The molecular weight excluding hydrogens is 212 g/mol. The van der Waals surface area contributed by atoms with Crippen LogP contribution in [0.1, 0.15) is 34.1 Å². The number of rotatable bonds is 3. The average molecular weight is 232 g/mol. The number of nitrogens with one attached hydrogen (secondary N) is 1. The Kier molecular flexibility index (Phi) is 6.40. The number of carbonyl (C=O) groups is 1. The minimum atomic E-state index is -0.530. The Hall–Kier alpha value is -0.710. The fraction of sp³-hybridized carbons (Fsp3) is 0.800. The van der Waals surface area contributed by atoms with Crippen molar-refractivity contribution in [3.63, 3.8) is 0 Å². The highest BCUT2D eigenvalue weighted by molar-refractivity contribution is 8.13. The summed E-state index contributed by atoms with van der Waals surface area (Å²) in [5, 5.41) is 7.04. The SMILES string of the molecule is CCSC(CC(C)(C)C)=NOC(=O)NC. The van der Waals surface area contributed by atoms with E-state index in [2.05, 4.69) is 36.1 Å². The van der Waals surface area contributed by atoms with E-state index >= 15 is 0 Å². The average Bonchev–Trinajstić information content (AvgIpc) is 2.11. The first-order valence-electron chi connectivity index (χ1n) is 4.97. The van der Waals surface area contributed by atoms with Gasteiger partial charge in [0.25, 0.3) is 0 Å². The highest BCUT2D eigenvalue weighted by atomic mass is 32.2. The summed E-state index contributed by atoms with van der Waals surface area (Å²) in [6.07, 6.45) is 0.279. The van der Waals surface area contributed by atoms with E-state index in [0.717, 1.165) is 17.2 Å². The van der Waals surface area contributed by atoms with Crippen LogP contribution in [-0.4, -0.2) is 23.9 Å². The summed E-state index contributed by atoms with van der Waals surface area (Å²) in [5.74, 6) is 0.923. The van der Waals surface area contributed by atoms with Crippen LogP contribution in [0.25, 0.3) is 0 Å². The Labute approximate surface area is 95.8 Å². The second-order valence-electron chi connectivity index (χ2n) is 4.28. The molecule has 0 heterocycles. The largest absolute Gasteiger partial charge is 0.433 e. The quantitative estimate of drug-likeness (QED) is 0.352. The highest BCUT2D eigenvalue weighted by Gasteiger charge is 2.15. The lowest BCUT2D eigenvalue weighted by atomic mass is 9.93. The lowest BCUT2D eigenvalue weighted by Crippen LogP contribution is -2.18. The van der Waals surface area contributed by atoms with E-state index in [-0.39, 0.29) is 5.41 Å². The van der Waals surface area contributed by atoms with Crippen molar-refractivity contribution in [1.82, 2.24) is 5.32 Å². The number of thioether (sulfide) groups is 1. The third kappa shape index (κ3) is 8.30. The minimum Gasteiger partial charge on any atom is -0.323 e. The summed E-state index contributed by atoms with van der Waals surface area (Å²) < 4.78 is 0. The van der Waals surface area contributed by atoms with Crippen molar-refractivity contribution in [3.8, 4) is 0 Å². The fourth-order valence-electron chi connectivity index (χ4n) is 0.868. The van der Waals surface area contributed by atoms with E-state index in [0.29, 0.717) is 0 Å². The molecule has 0 saturated heterocycles. The van der Waals surface area contributed by atoms with Gasteiger partial charge in [-0.3, -0.25) is 4.84 Å². The molecule has 0 aromatic carbocycles. The van der Waals surface area contributed by atoms with Crippen molar-refractivity contribution >= 4 is 22.9 Å². The van der Waals surface area contributed by atoms with Gasteiger partial charge in [0.15, 0.2) is 0 Å². The van der Waals surface area contributed by atoms with E-state index in [1.807, 2.05) is 6.92 Å². The molecular formula is C10H20N2O2S. The molecule has 0 bridgehead atoms. The zero-order valence-corrected chi connectivity index (χ0v) is 10.9. The molecule has 5 heteroatoms. The summed E-state index contributed by atoms with van der Waals surface area (Å²) in [7, 11) is 1.51. The van der Waals surface area contributed by atoms with Crippen LogP contribution in [0.2, 0.25) is 0 Å². The van der Waals surface area contributed by atoms with Crippen LogP contribution in [0, 0.1) is 5.41 Å². The molecule has 4 nitrogen and oxygen atoms in total. The van der Waals surface area contributed by atoms with Gasteiger partial charge in [-0.2, -0.15) is 0 Å². The van der Waals surface area contributed by atoms with Crippen molar-refractivity contribution in [2.75, 3.05) is 12.8 Å². The van der Waals surface area contributed by atoms with Crippen molar-refractivity contribution in [1.29, 1.82) is 0 Å². The lowest BCUT2D eigenvalue weighted by Gasteiger charge is -2.18. The first-order chi connectivity index (χ1) is 6.89. The lowest BCUT2D eigenvalue weighted by molar-refractivity contribution is 0.153. The van der Waals surface area contributed by atoms with Gasteiger partial charge < -0.3 is 5.32 Å². The molecule has 0 aliphatic heterocycles. The van der Waals surface area contributed by atoms with E-state index < -0.39 is 6.09 Å². The number of oxime groups is 1.